The normalized spacial score (nSPS) is 24.7. The van der Waals surface area contributed by atoms with Crippen LogP contribution in [0.5, 0.6) is 0 Å². The molecule has 1 aromatic carbocycles. The van der Waals surface area contributed by atoms with Gasteiger partial charge in [0, 0.05) is 19.1 Å². The van der Waals surface area contributed by atoms with Gasteiger partial charge in [-0.1, -0.05) is 49.6 Å². The summed E-state index contributed by atoms with van der Waals surface area (Å²) < 4.78 is 0. The van der Waals surface area contributed by atoms with E-state index in [2.05, 4.69) is 40.1 Å². The number of amides is 1. The first-order valence-electron chi connectivity index (χ1n) is 10.9. The van der Waals surface area contributed by atoms with Crippen LogP contribution in [0.25, 0.3) is 0 Å². The van der Waals surface area contributed by atoms with Crippen molar-refractivity contribution in [2.45, 2.75) is 69.7 Å². The number of carbonyl (C=O) groups is 1. The van der Waals surface area contributed by atoms with E-state index in [1.54, 1.807) is 0 Å². The predicted molar refractivity (Wildman–Crippen MR) is 106 cm³/mol. The molecule has 2 heterocycles. The fourth-order valence-corrected chi connectivity index (χ4v) is 5.50. The first kappa shape index (κ1) is 18.0. The van der Waals surface area contributed by atoms with Gasteiger partial charge in [-0.3, -0.25) is 4.79 Å². The molecule has 3 nitrogen and oxygen atoms in total. The number of hydrogen-bond donors (Lipinski definition) is 0. The molecule has 3 fully saturated rings. The van der Waals surface area contributed by atoms with Crippen molar-refractivity contribution in [1.29, 1.82) is 0 Å². The number of likely N-dealkylation sites (tertiary alicyclic amines) is 2. The van der Waals surface area contributed by atoms with E-state index in [1.165, 1.54) is 63.6 Å². The quantitative estimate of drug-likeness (QED) is 0.798. The van der Waals surface area contributed by atoms with Crippen molar-refractivity contribution >= 4 is 5.91 Å². The van der Waals surface area contributed by atoms with Gasteiger partial charge in [0.2, 0.25) is 5.91 Å². The SMILES string of the molecule is O=C([C@@H](c1ccccc1)C1CCCC1)N1CCC(N2CCCCC2)CC1. The molecule has 1 saturated carbocycles. The Morgan fingerprint density at radius 2 is 1.46 bits per heavy atom. The molecule has 1 aromatic rings. The van der Waals surface area contributed by atoms with Crippen molar-refractivity contribution in [3.63, 3.8) is 0 Å². The highest BCUT2D eigenvalue weighted by atomic mass is 16.2. The zero-order chi connectivity index (χ0) is 17.8. The van der Waals surface area contributed by atoms with Crippen molar-refractivity contribution in [1.82, 2.24) is 9.80 Å². The summed E-state index contributed by atoms with van der Waals surface area (Å²) in [6.07, 6.45) is 11.5. The second kappa shape index (κ2) is 8.56. The van der Waals surface area contributed by atoms with Gasteiger partial charge in [-0.2, -0.15) is 0 Å². The molecule has 0 bridgehead atoms. The zero-order valence-electron chi connectivity index (χ0n) is 16.1. The van der Waals surface area contributed by atoms with Crippen LogP contribution in [-0.4, -0.2) is 47.9 Å². The molecule has 26 heavy (non-hydrogen) atoms. The Labute approximate surface area is 158 Å². The van der Waals surface area contributed by atoms with Gasteiger partial charge >= 0.3 is 0 Å². The average molecular weight is 355 g/mol. The minimum absolute atomic E-state index is 0.0882. The third kappa shape index (κ3) is 3.98. The summed E-state index contributed by atoms with van der Waals surface area (Å²) in [7, 11) is 0. The minimum Gasteiger partial charge on any atom is -0.342 e. The number of carbonyl (C=O) groups excluding carboxylic acids is 1. The van der Waals surface area contributed by atoms with E-state index in [0.717, 1.165) is 25.9 Å². The van der Waals surface area contributed by atoms with Crippen LogP contribution in [0.4, 0.5) is 0 Å². The Balaban J connectivity index is 1.41. The van der Waals surface area contributed by atoms with E-state index in [0.29, 0.717) is 17.9 Å². The third-order valence-corrected chi connectivity index (χ3v) is 6.98. The lowest BCUT2D eigenvalue weighted by Crippen LogP contribution is -2.49. The van der Waals surface area contributed by atoms with Gasteiger partial charge in [0.05, 0.1) is 5.92 Å². The first-order valence-corrected chi connectivity index (χ1v) is 10.9. The van der Waals surface area contributed by atoms with E-state index >= 15 is 0 Å². The summed E-state index contributed by atoms with van der Waals surface area (Å²) in [6.45, 7) is 4.45. The summed E-state index contributed by atoms with van der Waals surface area (Å²) in [5, 5.41) is 0. The van der Waals surface area contributed by atoms with Crippen molar-refractivity contribution in [3.05, 3.63) is 35.9 Å². The molecular formula is C23H34N2O. The zero-order valence-corrected chi connectivity index (χ0v) is 16.1. The first-order chi connectivity index (χ1) is 12.8. The highest BCUT2D eigenvalue weighted by Gasteiger charge is 2.36. The van der Waals surface area contributed by atoms with Crippen LogP contribution in [0.1, 0.15) is 69.3 Å². The van der Waals surface area contributed by atoms with Gasteiger partial charge in [-0.25, -0.2) is 0 Å². The van der Waals surface area contributed by atoms with Crippen molar-refractivity contribution in [2.75, 3.05) is 26.2 Å². The van der Waals surface area contributed by atoms with E-state index < -0.39 is 0 Å². The van der Waals surface area contributed by atoms with Crippen LogP contribution in [-0.2, 0) is 4.79 Å². The smallest absolute Gasteiger partial charge is 0.230 e. The molecule has 0 N–H and O–H groups in total. The Morgan fingerprint density at radius 3 is 2.12 bits per heavy atom. The summed E-state index contributed by atoms with van der Waals surface area (Å²) in [4.78, 5) is 18.4. The van der Waals surface area contributed by atoms with Gasteiger partial charge in [0.1, 0.15) is 0 Å². The van der Waals surface area contributed by atoms with Crippen LogP contribution < -0.4 is 0 Å². The van der Waals surface area contributed by atoms with Crippen LogP contribution in [0.2, 0.25) is 0 Å². The molecule has 3 heteroatoms. The fraction of sp³-hybridized carbons (Fsp3) is 0.696. The maximum atomic E-state index is 13.5. The van der Waals surface area contributed by atoms with E-state index in [4.69, 9.17) is 0 Å². The van der Waals surface area contributed by atoms with Crippen LogP contribution in [0.15, 0.2) is 30.3 Å². The summed E-state index contributed by atoms with van der Waals surface area (Å²) >= 11 is 0. The Hall–Kier alpha value is -1.35. The fourth-order valence-electron chi connectivity index (χ4n) is 5.50. The molecule has 142 valence electrons. The van der Waals surface area contributed by atoms with Gasteiger partial charge in [-0.15, -0.1) is 0 Å². The maximum Gasteiger partial charge on any atom is 0.230 e. The Kier molecular flexibility index (Phi) is 5.94. The predicted octanol–water partition coefficient (Wildman–Crippen LogP) is 4.44. The third-order valence-electron chi connectivity index (χ3n) is 6.98. The molecular weight excluding hydrogens is 320 g/mol. The highest BCUT2D eigenvalue weighted by Crippen LogP contribution is 2.39. The summed E-state index contributed by atoms with van der Waals surface area (Å²) in [6, 6.07) is 11.3. The topological polar surface area (TPSA) is 23.6 Å². The molecule has 1 amide bonds. The molecule has 0 unspecified atom stereocenters. The van der Waals surface area contributed by atoms with E-state index in [1.807, 2.05) is 0 Å². The number of benzene rings is 1. The number of rotatable bonds is 4. The molecule has 2 aliphatic heterocycles. The van der Waals surface area contributed by atoms with Crippen LogP contribution >= 0.6 is 0 Å². The van der Waals surface area contributed by atoms with Gasteiger partial charge in [-0.05, 0) is 63.1 Å². The largest absolute Gasteiger partial charge is 0.342 e. The van der Waals surface area contributed by atoms with Crippen LogP contribution in [0.3, 0.4) is 0 Å². The molecule has 0 aromatic heterocycles. The Morgan fingerprint density at radius 1 is 0.808 bits per heavy atom. The molecule has 0 spiro atoms. The standard InChI is InChI=1S/C23H34N2O/c26-23(22(20-11-5-6-12-20)19-9-3-1-4-10-19)25-17-13-21(14-18-25)24-15-7-2-8-16-24/h1,3-4,9-10,20-22H,2,5-8,11-18H2/t22-/m0/s1. The minimum atomic E-state index is 0.0882. The molecule has 3 aliphatic rings. The lowest BCUT2D eigenvalue weighted by Gasteiger charge is -2.41. The summed E-state index contributed by atoms with van der Waals surface area (Å²) in [5.41, 5.74) is 1.24. The molecule has 0 radical (unpaired) electrons. The Bertz CT molecular complexity index is 567. The number of hydrogen-bond acceptors (Lipinski definition) is 2. The lowest BCUT2D eigenvalue weighted by atomic mass is 9.83. The molecule has 2 saturated heterocycles. The average Bonchev–Trinajstić information content (AvgIpc) is 3.24. The number of nitrogens with zero attached hydrogens (tertiary/aromatic N) is 2. The van der Waals surface area contributed by atoms with Crippen molar-refractivity contribution in [2.24, 2.45) is 5.92 Å². The van der Waals surface area contributed by atoms with Crippen LogP contribution in [0, 0.1) is 5.92 Å². The van der Waals surface area contributed by atoms with Gasteiger partial charge in [0.15, 0.2) is 0 Å². The summed E-state index contributed by atoms with van der Waals surface area (Å²) in [5.74, 6) is 1.04. The lowest BCUT2D eigenvalue weighted by molar-refractivity contribution is -0.135. The van der Waals surface area contributed by atoms with Crippen molar-refractivity contribution < 1.29 is 4.79 Å². The van der Waals surface area contributed by atoms with Crippen molar-refractivity contribution in [3.8, 4) is 0 Å². The highest BCUT2D eigenvalue weighted by molar-refractivity contribution is 5.84. The molecule has 1 atom stereocenters. The monoisotopic (exact) mass is 354 g/mol. The molecule has 1 aliphatic carbocycles. The van der Waals surface area contributed by atoms with E-state index in [-0.39, 0.29) is 5.92 Å². The number of piperidine rings is 2. The second-order valence-corrected chi connectivity index (χ2v) is 8.59. The van der Waals surface area contributed by atoms with E-state index in [9.17, 15) is 4.79 Å². The van der Waals surface area contributed by atoms with Gasteiger partial charge in [0.25, 0.3) is 0 Å². The molecule has 4 rings (SSSR count). The maximum absolute atomic E-state index is 13.5. The second-order valence-electron chi connectivity index (χ2n) is 8.59. The van der Waals surface area contributed by atoms with Gasteiger partial charge < -0.3 is 9.80 Å².